The van der Waals surface area contributed by atoms with Crippen molar-refractivity contribution in [1.29, 1.82) is 0 Å². The van der Waals surface area contributed by atoms with Crippen LogP contribution < -0.4 is 4.74 Å². The standard InChI is InChI=1S/C18H19NO4/c1-11(18(20)21)16-10-15(7-8-17(16)23-3)14-6-4-5-13(9-14)12(2)19-22/h4-11,22H,1-3H3,(H,20,21)/b19-12+. The summed E-state index contributed by atoms with van der Waals surface area (Å²) < 4.78 is 5.27. The fourth-order valence-corrected chi connectivity index (χ4v) is 2.37. The van der Waals surface area contributed by atoms with Crippen LogP contribution in [0.2, 0.25) is 0 Å². The number of benzene rings is 2. The van der Waals surface area contributed by atoms with Crippen molar-refractivity contribution in [1.82, 2.24) is 0 Å². The molecule has 5 nitrogen and oxygen atoms in total. The van der Waals surface area contributed by atoms with Crippen molar-refractivity contribution >= 4 is 11.7 Å². The molecule has 0 amide bonds. The Labute approximate surface area is 134 Å². The van der Waals surface area contributed by atoms with Crippen LogP contribution in [-0.4, -0.2) is 29.1 Å². The third-order valence-corrected chi connectivity index (χ3v) is 3.83. The third-order valence-electron chi connectivity index (χ3n) is 3.83. The predicted molar refractivity (Wildman–Crippen MR) is 88.5 cm³/mol. The van der Waals surface area contributed by atoms with Crippen LogP contribution in [0, 0.1) is 0 Å². The Kier molecular flexibility index (Phi) is 5.01. The lowest BCUT2D eigenvalue weighted by Crippen LogP contribution is -2.09. The number of carboxylic acid groups (broad SMARTS) is 1. The van der Waals surface area contributed by atoms with E-state index in [0.717, 1.165) is 16.7 Å². The van der Waals surface area contributed by atoms with Gasteiger partial charge in [-0.3, -0.25) is 4.79 Å². The van der Waals surface area contributed by atoms with Crippen molar-refractivity contribution in [3.63, 3.8) is 0 Å². The summed E-state index contributed by atoms with van der Waals surface area (Å²) in [6.07, 6.45) is 0. The number of ether oxygens (including phenoxy) is 1. The molecule has 0 aliphatic heterocycles. The molecule has 0 fully saturated rings. The first-order valence-corrected chi connectivity index (χ1v) is 7.18. The first-order valence-electron chi connectivity index (χ1n) is 7.18. The number of carboxylic acids is 1. The zero-order chi connectivity index (χ0) is 17.0. The van der Waals surface area contributed by atoms with E-state index in [2.05, 4.69) is 5.16 Å². The molecule has 0 aliphatic carbocycles. The Hall–Kier alpha value is -2.82. The molecule has 2 rings (SSSR count). The van der Waals surface area contributed by atoms with Crippen molar-refractivity contribution in [3.05, 3.63) is 53.6 Å². The number of carbonyl (C=O) groups is 1. The van der Waals surface area contributed by atoms with Gasteiger partial charge in [-0.05, 0) is 48.7 Å². The average Bonchev–Trinajstić information content (AvgIpc) is 2.59. The van der Waals surface area contributed by atoms with Crippen molar-refractivity contribution in [2.24, 2.45) is 5.16 Å². The van der Waals surface area contributed by atoms with E-state index in [1.807, 2.05) is 36.4 Å². The molecule has 0 saturated heterocycles. The zero-order valence-corrected chi connectivity index (χ0v) is 13.3. The van der Waals surface area contributed by atoms with Crippen LogP contribution in [-0.2, 0) is 4.79 Å². The predicted octanol–water partition coefficient (Wildman–Crippen LogP) is 3.75. The third kappa shape index (κ3) is 3.51. The molecule has 0 aromatic heterocycles. The van der Waals surface area contributed by atoms with E-state index in [1.165, 1.54) is 7.11 Å². The Morgan fingerprint density at radius 1 is 1.17 bits per heavy atom. The van der Waals surface area contributed by atoms with Gasteiger partial charge in [0.1, 0.15) is 5.75 Å². The molecular weight excluding hydrogens is 294 g/mol. The minimum Gasteiger partial charge on any atom is -0.496 e. The van der Waals surface area contributed by atoms with E-state index in [0.29, 0.717) is 17.0 Å². The number of methoxy groups -OCH3 is 1. The number of nitrogens with zero attached hydrogens (tertiary/aromatic N) is 1. The maximum Gasteiger partial charge on any atom is 0.310 e. The molecule has 0 aliphatic rings. The second kappa shape index (κ2) is 6.96. The zero-order valence-electron chi connectivity index (χ0n) is 13.3. The smallest absolute Gasteiger partial charge is 0.310 e. The first-order chi connectivity index (χ1) is 11.0. The highest BCUT2D eigenvalue weighted by molar-refractivity contribution is 5.99. The monoisotopic (exact) mass is 313 g/mol. The molecule has 0 heterocycles. The van der Waals surface area contributed by atoms with E-state index >= 15 is 0 Å². The summed E-state index contributed by atoms with van der Waals surface area (Å²) in [4.78, 5) is 11.3. The Morgan fingerprint density at radius 2 is 1.87 bits per heavy atom. The van der Waals surface area contributed by atoms with Gasteiger partial charge in [0.2, 0.25) is 0 Å². The van der Waals surface area contributed by atoms with Crippen molar-refractivity contribution in [3.8, 4) is 16.9 Å². The molecule has 0 spiro atoms. The van der Waals surface area contributed by atoms with Crippen LogP contribution in [0.1, 0.15) is 30.9 Å². The molecule has 120 valence electrons. The van der Waals surface area contributed by atoms with Gasteiger partial charge in [0.05, 0.1) is 18.7 Å². The molecule has 23 heavy (non-hydrogen) atoms. The second-order valence-electron chi connectivity index (χ2n) is 5.28. The molecule has 2 aromatic carbocycles. The van der Waals surface area contributed by atoms with E-state index in [1.54, 1.807) is 19.9 Å². The number of oxime groups is 1. The summed E-state index contributed by atoms with van der Waals surface area (Å²) in [7, 11) is 1.52. The highest BCUT2D eigenvalue weighted by Gasteiger charge is 2.19. The number of aliphatic carboxylic acids is 1. The van der Waals surface area contributed by atoms with Gasteiger partial charge in [-0.25, -0.2) is 0 Å². The SMILES string of the molecule is COc1ccc(-c2cccc(/C(C)=N/O)c2)cc1C(C)C(=O)O. The molecule has 0 saturated carbocycles. The lowest BCUT2D eigenvalue weighted by molar-refractivity contribution is -0.138. The van der Waals surface area contributed by atoms with E-state index < -0.39 is 11.9 Å². The highest BCUT2D eigenvalue weighted by Crippen LogP contribution is 2.32. The summed E-state index contributed by atoms with van der Waals surface area (Å²) >= 11 is 0. The maximum absolute atomic E-state index is 11.3. The van der Waals surface area contributed by atoms with E-state index in [-0.39, 0.29) is 0 Å². The Morgan fingerprint density at radius 3 is 2.48 bits per heavy atom. The lowest BCUT2D eigenvalue weighted by Gasteiger charge is -2.14. The van der Waals surface area contributed by atoms with Crippen LogP contribution in [0.25, 0.3) is 11.1 Å². The van der Waals surface area contributed by atoms with Crippen molar-refractivity contribution in [2.45, 2.75) is 19.8 Å². The normalized spacial score (nSPS) is 12.7. The van der Waals surface area contributed by atoms with E-state index in [4.69, 9.17) is 9.94 Å². The first kappa shape index (κ1) is 16.5. The van der Waals surface area contributed by atoms with Gasteiger partial charge in [-0.15, -0.1) is 0 Å². The summed E-state index contributed by atoms with van der Waals surface area (Å²) in [6, 6.07) is 13.0. The van der Waals surface area contributed by atoms with Crippen LogP contribution in [0.5, 0.6) is 5.75 Å². The summed E-state index contributed by atoms with van der Waals surface area (Å²) in [6.45, 7) is 3.34. The Bertz CT molecular complexity index is 752. The molecule has 2 aromatic rings. The number of hydrogen-bond acceptors (Lipinski definition) is 4. The van der Waals surface area contributed by atoms with E-state index in [9.17, 15) is 9.90 Å². The van der Waals surface area contributed by atoms with Gasteiger partial charge in [0.15, 0.2) is 0 Å². The molecular formula is C18H19NO4. The molecule has 1 unspecified atom stereocenters. The highest BCUT2D eigenvalue weighted by atomic mass is 16.5. The van der Waals surface area contributed by atoms with Crippen LogP contribution >= 0.6 is 0 Å². The molecule has 5 heteroatoms. The minimum atomic E-state index is -0.905. The fraction of sp³-hybridized carbons (Fsp3) is 0.222. The van der Waals surface area contributed by atoms with Gasteiger partial charge in [0.25, 0.3) is 0 Å². The molecule has 0 bridgehead atoms. The second-order valence-corrected chi connectivity index (χ2v) is 5.28. The lowest BCUT2D eigenvalue weighted by atomic mass is 9.94. The van der Waals surface area contributed by atoms with Crippen LogP contribution in [0.15, 0.2) is 47.6 Å². The topological polar surface area (TPSA) is 79.1 Å². The number of rotatable bonds is 5. The minimum absolute atomic E-state index is 0.513. The van der Waals surface area contributed by atoms with Gasteiger partial charge < -0.3 is 15.1 Å². The quantitative estimate of drug-likeness (QED) is 0.500. The summed E-state index contributed by atoms with van der Waals surface area (Å²) in [5.41, 5.74) is 3.72. The van der Waals surface area contributed by atoms with Crippen molar-refractivity contribution in [2.75, 3.05) is 7.11 Å². The maximum atomic E-state index is 11.3. The van der Waals surface area contributed by atoms with Gasteiger partial charge in [-0.1, -0.05) is 29.4 Å². The fourth-order valence-electron chi connectivity index (χ4n) is 2.37. The van der Waals surface area contributed by atoms with Gasteiger partial charge in [-0.2, -0.15) is 0 Å². The molecule has 2 N–H and O–H groups in total. The largest absolute Gasteiger partial charge is 0.496 e. The van der Waals surface area contributed by atoms with Gasteiger partial charge in [0, 0.05) is 5.56 Å². The van der Waals surface area contributed by atoms with Gasteiger partial charge >= 0.3 is 5.97 Å². The molecule has 0 radical (unpaired) electrons. The summed E-state index contributed by atoms with van der Waals surface area (Å²) in [5, 5.41) is 21.4. The average molecular weight is 313 g/mol. The van der Waals surface area contributed by atoms with Crippen molar-refractivity contribution < 1.29 is 19.8 Å². The van der Waals surface area contributed by atoms with Crippen LogP contribution in [0.4, 0.5) is 0 Å². The summed E-state index contributed by atoms with van der Waals surface area (Å²) in [5.74, 6) is -1.03. The molecule has 1 atom stereocenters. The number of hydrogen-bond donors (Lipinski definition) is 2. The van der Waals surface area contributed by atoms with Crippen LogP contribution in [0.3, 0.4) is 0 Å². The Balaban J connectivity index is 2.53.